The van der Waals surface area contributed by atoms with Crippen LogP contribution in [-0.4, -0.2) is 56.2 Å². The van der Waals surface area contributed by atoms with E-state index in [2.05, 4.69) is 25.3 Å². The maximum Gasteiger partial charge on any atom is 0.433 e. The lowest BCUT2D eigenvalue weighted by atomic mass is 9.92. The first-order chi connectivity index (χ1) is 17.9. The van der Waals surface area contributed by atoms with Crippen LogP contribution in [0.15, 0.2) is 36.7 Å². The number of rotatable bonds is 6. The number of aliphatic hydroxyl groups is 1. The Morgan fingerprint density at radius 1 is 1.13 bits per heavy atom. The fourth-order valence-electron chi connectivity index (χ4n) is 4.70. The third-order valence-electron chi connectivity index (χ3n) is 6.39. The third kappa shape index (κ3) is 4.93. The summed E-state index contributed by atoms with van der Waals surface area (Å²) >= 11 is 0. The van der Waals surface area contributed by atoms with Crippen molar-refractivity contribution < 1.29 is 27.8 Å². The van der Waals surface area contributed by atoms with Crippen LogP contribution in [0.3, 0.4) is 0 Å². The highest BCUT2D eigenvalue weighted by atomic mass is 19.4. The number of halogens is 3. The quantitative estimate of drug-likeness (QED) is 0.494. The SMILES string of the molecule is CN1c2nc(NCc3ccc(Oc4ccc(C(F)(F)F)nc4)nc3)nc3c2N(CCC3)C(=O)C1C(C)(C)O. The van der Waals surface area contributed by atoms with Gasteiger partial charge < -0.3 is 25.0 Å². The van der Waals surface area contributed by atoms with E-state index in [0.29, 0.717) is 37.0 Å². The molecule has 0 fully saturated rings. The molecule has 1 amide bonds. The molecule has 3 aromatic heterocycles. The van der Waals surface area contributed by atoms with Gasteiger partial charge in [0.2, 0.25) is 11.8 Å². The lowest BCUT2D eigenvalue weighted by molar-refractivity contribution is -0.141. The minimum Gasteiger partial charge on any atom is -0.437 e. The Kier molecular flexibility index (Phi) is 6.33. The van der Waals surface area contributed by atoms with Gasteiger partial charge in [0.05, 0.1) is 17.5 Å². The molecule has 0 saturated heterocycles. The monoisotopic (exact) mass is 529 g/mol. The van der Waals surface area contributed by atoms with Gasteiger partial charge in [-0.15, -0.1) is 0 Å². The summed E-state index contributed by atoms with van der Waals surface area (Å²) in [5.74, 6) is 1.13. The minimum atomic E-state index is -4.52. The molecule has 2 N–H and O–H groups in total. The molecule has 1 unspecified atom stereocenters. The second-order valence-corrected chi connectivity index (χ2v) is 9.76. The van der Waals surface area contributed by atoms with Crippen molar-refractivity contribution in [2.45, 2.75) is 51.1 Å². The van der Waals surface area contributed by atoms with Gasteiger partial charge in [-0.25, -0.2) is 15.0 Å². The Balaban J connectivity index is 1.29. The molecule has 38 heavy (non-hydrogen) atoms. The molecule has 13 heteroatoms. The summed E-state index contributed by atoms with van der Waals surface area (Å²) in [6, 6.07) is 4.60. The van der Waals surface area contributed by atoms with Crippen LogP contribution in [0.5, 0.6) is 11.6 Å². The molecule has 1 atom stereocenters. The van der Waals surface area contributed by atoms with Gasteiger partial charge in [-0.3, -0.25) is 4.79 Å². The number of nitrogens with one attached hydrogen (secondary N) is 1. The van der Waals surface area contributed by atoms with Crippen LogP contribution < -0.4 is 19.9 Å². The van der Waals surface area contributed by atoms with E-state index >= 15 is 0 Å². The Hall–Kier alpha value is -4.00. The zero-order chi connectivity index (χ0) is 27.2. The Bertz CT molecular complexity index is 1340. The number of hydrogen-bond acceptors (Lipinski definition) is 9. The van der Waals surface area contributed by atoms with Gasteiger partial charge >= 0.3 is 6.18 Å². The first-order valence-electron chi connectivity index (χ1n) is 12.0. The van der Waals surface area contributed by atoms with Gasteiger partial charge in [0.25, 0.3) is 5.91 Å². The highest BCUT2D eigenvalue weighted by Crippen LogP contribution is 2.41. The van der Waals surface area contributed by atoms with Gasteiger partial charge in [0.15, 0.2) is 5.82 Å². The van der Waals surface area contributed by atoms with Gasteiger partial charge in [-0.05, 0) is 44.4 Å². The highest BCUT2D eigenvalue weighted by molar-refractivity contribution is 6.06. The number of pyridine rings is 2. The number of ether oxygens (including phenoxy) is 1. The van der Waals surface area contributed by atoms with E-state index in [4.69, 9.17) is 4.74 Å². The fourth-order valence-corrected chi connectivity index (χ4v) is 4.70. The predicted octanol–water partition coefficient (Wildman–Crippen LogP) is 3.56. The van der Waals surface area contributed by atoms with E-state index in [1.54, 1.807) is 49.0 Å². The van der Waals surface area contributed by atoms with E-state index in [-0.39, 0.29) is 17.5 Å². The number of alkyl halides is 3. The average Bonchev–Trinajstić information content (AvgIpc) is 2.85. The maximum atomic E-state index is 13.1. The Morgan fingerprint density at radius 2 is 1.92 bits per heavy atom. The average molecular weight is 530 g/mol. The predicted molar refractivity (Wildman–Crippen MR) is 132 cm³/mol. The second-order valence-electron chi connectivity index (χ2n) is 9.76. The zero-order valence-corrected chi connectivity index (χ0v) is 21.0. The molecular weight excluding hydrogens is 503 g/mol. The smallest absolute Gasteiger partial charge is 0.433 e. The maximum absolute atomic E-state index is 13.1. The molecular formula is C25H26F3N7O3. The summed E-state index contributed by atoms with van der Waals surface area (Å²) in [6.07, 6.45) is -0.491. The van der Waals surface area contributed by atoms with Crippen molar-refractivity contribution in [3.8, 4) is 11.6 Å². The largest absolute Gasteiger partial charge is 0.437 e. The summed E-state index contributed by atoms with van der Waals surface area (Å²) in [7, 11) is 1.74. The topological polar surface area (TPSA) is 117 Å². The molecule has 0 bridgehead atoms. The number of carbonyl (C=O) groups is 1. The first kappa shape index (κ1) is 25.6. The molecule has 2 aliphatic heterocycles. The number of hydrogen-bond donors (Lipinski definition) is 2. The third-order valence-corrected chi connectivity index (χ3v) is 6.39. The van der Waals surface area contributed by atoms with Crippen molar-refractivity contribution in [3.05, 3.63) is 53.6 Å². The molecule has 200 valence electrons. The van der Waals surface area contributed by atoms with Crippen LogP contribution >= 0.6 is 0 Å². The van der Waals surface area contributed by atoms with Crippen LogP contribution in [-0.2, 0) is 23.9 Å². The van der Waals surface area contributed by atoms with Gasteiger partial charge in [0, 0.05) is 32.4 Å². The van der Waals surface area contributed by atoms with E-state index < -0.39 is 23.5 Å². The number of nitrogens with zero attached hydrogens (tertiary/aromatic N) is 6. The van der Waals surface area contributed by atoms with Gasteiger partial charge in [-0.1, -0.05) is 6.07 Å². The van der Waals surface area contributed by atoms with Gasteiger partial charge in [-0.2, -0.15) is 18.2 Å². The Morgan fingerprint density at radius 3 is 2.55 bits per heavy atom. The van der Waals surface area contributed by atoms with Crippen LogP contribution in [0, 0.1) is 0 Å². The van der Waals surface area contributed by atoms with Crippen molar-refractivity contribution in [2.75, 3.05) is 28.7 Å². The van der Waals surface area contributed by atoms with Crippen molar-refractivity contribution in [1.29, 1.82) is 0 Å². The number of aryl methyl sites for hydroxylation is 1. The van der Waals surface area contributed by atoms with Crippen molar-refractivity contribution in [2.24, 2.45) is 0 Å². The summed E-state index contributed by atoms with van der Waals surface area (Å²) in [5.41, 5.74) is -0.0249. The van der Waals surface area contributed by atoms with E-state index in [0.717, 1.165) is 29.9 Å². The van der Waals surface area contributed by atoms with E-state index in [1.165, 1.54) is 6.07 Å². The minimum absolute atomic E-state index is 0.133. The fraction of sp³-hybridized carbons (Fsp3) is 0.400. The number of amides is 1. The molecule has 0 spiro atoms. The molecule has 2 aliphatic rings. The summed E-state index contributed by atoms with van der Waals surface area (Å²) in [5, 5.41) is 13.9. The van der Waals surface area contributed by atoms with E-state index in [1.807, 2.05) is 0 Å². The number of anilines is 3. The molecule has 5 heterocycles. The van der Waals surface area contributed by atoms with E-state index in [9.17, 15) is 23.1 Å². The van der Waals surface area contributed by atoms with Crippen molar-refractivity contribution >= 4 is 23.4 Å². The molecule has 0 aromatic carbocycles. The Labute approximate surface area is 216 Å². The van der Waals surface area contributed by atoms with Crippen LogP contribution in [0.2, 0.25) is 0 Å². The first-order valence-corrected chi connectivity index (χ1v) is 12.0. The van der Waals surface area contributed by atoms with Crippen molar-refractivity contribution in [3.63, 3.8) is 0 Å². The molecule has 0 saturated carbocycles. The highest BCUT2D eigenvalue weighted by Gasteiger charge is 2.47. The second kappa shape index (κ2) is 9.39. The van der Waals surface area contributed by atoms with Gasteiger partial charge in [0.1, 0.15) is 23.2 Å². The summed E-state index contributed by atoms with van der Waals surface area (Å²) in [6.45, 7) is 4.11. The molecule has 0 aliphatic carbocycles. The van der Waals surface area contributed by atoms with Crippen LogP contribution in [0.25, 0.3) is 0 Å². The molecule has 3 aromatic rings. The number of carbonyl (C=O) groups excluding carboxylic acids is 1. The lowest BCUT2D eigenvalue weighted by Gasteiger charge is -2.46. The molecule has 0 radical (unpaired) electrons. The van der Waals surface area contributed by atoms with Crippen LogP contribution in [0.1, 0.15) is 37.2 Å². The number of aromatic nitrogens is 4. The summed E-state index contributed by atoms with van der Waals surface area (Å²) in [4.78, 5) is 33.4. The summed E-state index contributed by atoms with van der Waals surface area (Å²) < 4.78 is 43.5. The zero-order valence-electron chi connectivity index (χ0n) is 21.0. The number of likely N-dealkylation sites (N-methyl/N-ethyl adjacent to an activating group) is 1. The van der Waals surface area contributed by atoms with Crippen molar-refractivity contribution in [1.82, 2.24) is 19.9 Å². The van der Waals surface area contributed by atoms with Crippen LogP contribution in [0.4, 0.5) is 30.6 Å². The normalized spacial score (nSPS) is 17.3. The standard InChI is InChI=1S/C25H26F3N7O3/c1-24(2,37)20-22(36)35-10-4-5-16-19(35)21(34(20)3)33-23(32-16)31-12-14-6-9-18(30-11-14)38-15-7-8-17(29-13-15)25(26,27)28/h6-9,11,13,20,37H,4-5,10,12H2,1-3H3,(H,31,32,33). The molecule has 10 nitrogen and oxygen atoms in total. The lowest BCUT2D eigenvalue weighted by Crippen LogP contribution is -2.62. The molecule has 5 rings (SSSR count).